The van der Waals surface area contributed by atoms with E-state index in [1.165, 1.54) is 23.4 Å². The second kappa shape index (κ2) is 6.07. The second-order valence-corrected chi connectivity index (χ2v) is 5.52. The minimum Gasteiger partial charge on any atom is -0.477 e. The summed E-state index contributed by atoms with van der Waals surface area (Å²) in [6.45, 7) is 3.81. The van der Waals surface area contributed by atoms with Gasteiger partial charge in [0.15, 0.2) is 0 Å². The maximum atomic E-state index is 12.3. The molecule has 20 heavy (non-hydrogen) atoms. The molecular weight excluding hydrogens is 258 g/mol. The Morgan fingerprint density at radius 1 is 1.45 bits per heavy atom. The SMILES string of the molecule is CC1CCCCC1NC(=O)C(C)n1nccc1C(=O)O. The molecule has 3 atom stereocenters. The molecule has 0 saturated heterocycles. The maximum Gasteiger partial charge on any atom is 0.354 e. The lowest BCUT2D eigenvalue weighted by atomic mass is 9.86. The van der Waals surface area contributed by atoms with Gasteiger partial charge >= 0.3 is 5.97 Å². The molecule has 1 amide bonds. The molecule has 1 aromatic heterocycles. The van der Waals surface area contributed by atoms with E-state index in [0.29, 0.717) is 5.92 Å². The standard InChI is InChI=1S/C14H21N3O3/c1-9-5-3-4-6-11(9)16-13(18)10(2)17-12(14(19)20)7-8-15-17/h7-11H,3-6H2,1-2H3,(H,16,18)(H,19,20). The van der Waals surface area contributed by atoms with E-state index in [-0.39, 0.29) is 17.6 Å². The lowest BCUT2D eigenvalue weighted by molar-refractivity contribution is -0.125. The third-order valence-corrected chi connectivity index (χ3v) is 4.07. The summed E-state index contributed by atoms with van der Waals surface area (Å²) in [7, 11) is 0. The van der Waals surface area contributed by atoms with Gasteiger partial charge in [0.25, 0.3) is 0 Å². The Labute approximate surface area is 118 Å². The molecule has 6 nitrogen and oxygen atoms in total. The molecule has 1 fully saturated rings. The van der Waals surface area contributed by atoms with Crippen molar-refractivity contribution in [3.8, 4) is 0 Å². The Morgan fingerprint density at radius 3 is 2.80 bits per heavy atom. The summed E-state index contributed by atoms with van der Waals surface area (Å²) in [4.78, 5) is 23.3. The van der Waals surface area contributed by atoms with Crippen molar-refractivity contribution < 1.29 is 14.7 Å². The first-order valence-corrected chi connectivity index (χ1v) is 7.08. The normalized spacial score (nSPS) is 24.1. The van der Waals surface area contributed by atoms with Crippen molar-refractivity contribution in [3.05, 3.63) is 18.0 Å². The van der Waals surface area contributed by atoms with Crippen LogP contribution in [0.3, 0.4) is 0 Å². The van der Waals surface area contributed by atoms with Gasteiger partial charge in [0.1, 0.15) is 11.7 Å². The highest BCUT2D eigenvalue weighted by Crippen LogP contribution is 2.24. The molecule has 2 rings (SSSR count). The first-order valence-electron chi connectivity index (χ1n) is 7.08. The van der Waals surface area contributed by atoms with Crippen molar-refractivity contribution in [1.29, 1.82) is 0 Å². The van der Waals surface area contributed by atoms with Gasteiger partial charge in [-0.15, -0.1) is 0 Å². The fourth-order valence-electron chi connectivity index (χ4n) is 2.74. The number of carbonyl (C=O) groups is 2. The topological polar surface area (TPSA) is 84.2 Å². The van der Waals surface area contributed by atoms with Crippen LogP contribution in [0.2, 0.25) is 0 Å². The molecule has 0 spiro atoms. The molecule has 1 heterocycles. The highest BCUT2D eigenvalue weighted by atomic mass is 16.4. The molecule has 1 aliphatic carbocycles. The van der Waals surface area contributed by atoms with E-state index < -0.39 is 12.0 Å². The predicted octanol–water partition coefficient (Wildman–Crippen LogP) is 1.84. The van der Waals surface area contributed by atoms with Crippen molar-refractivity contribution in [1.82, 2.24) is 15.1 Å². The lowest BCUT2D eigenvalue weighted by Gasteiger charge is -2.30. The summed E-state index contributed by atoms with van der Waals surface area (Å²) in [5.74, 6) is -0.778. The van der Waals surface area contributed by atoms with Gasteiger partial charge in [0.05, 0.1) is 0 Å². The first kappa shape index (κ1) is 14.6. The number of aromatic nitrogens is 2. The Kier molecular flexibility index (Phi) is 4.42. The molecule has 0 bridgehead atoms. The van der Waals surface area contributed by atoms with Crippen LogP contribution in [0.25, 0.3) is 0 Å². The number of carbonyl (C=O) groups excluding carboxylic acids is 1. The average molecular weight is 279 g/mol. The zero-order chi connectivity index (χ0) is 14.7. The fourth-order valence-corrected chi connectivity index (χ4v) is 2.74. The summed E-state index contributed by atoms with van der Waals surface area (Å²) in [5, 5.41) is 16.0. The summed E-state index contributed by atoms with van der Waals surface area (Å²) >= 11 is 0. The number of nitrogens with one attached hydrogen (secondary N) is 1. The van der Waals surface area contributed by atoms with Gasteiger partial charge in [-0.3, -0.25) is 4.79 Å². The van der Waals surface area contributed by atoms with E-state index in [1.807, 2.05) is 0 Å². The minimum atomic E-state index is -1.08. The van der Waals surface area contributed by atoms with E-state index in [0.717, 1.165) is 19.3 Å². The number of rotatable bonds is 4. The number of carboxylic acids is 1. The largest absolute Gasteiger partial charge is 0.477 e. The van der Waals surface area contributed by atoms with Crippen LogP contribution in [0, 0.1) is 5.92 Å². The number of hydrogen-bond acceptors (Lipinski definition) is 3. The summed E-state index contributed by atoms with van der Waals surface area (Å²) in [5.41, 5.74) is 0.0318. The molecule has 3 unspecified atom stereocenters. The molecule has 0 aromatic carbocycles. The highest BCUT2D eigenvalue weighted by molar-refractivity contribution is 5.87. The molecule has 6 heteroatoms. The summed E-state index contributed by atoms with van der Waals surface area (Å²) < 4.78 is 1.26. The number of carboxylic acid groups (broad SMARTS) is 1. The van der Waals surface area contributed by atoms with Crippen molar-refractivity contribution in [3.63, 3.8) is 0 Å². The van der Waals surface area contributed by atoms with Crippen LogP contribution in [0.1, 0.15) is 56.1 Å². The van der Waals surface area contributed by atoms with Crippen LogP contribution < -0.4 is 5.32 Å². The van der Waals surface area contributed by atoms with Gasteiger partial charge in [0, 0.05) is 12.2 Å². The van der Waals surface area contributed by atoms with Crippen LogP contribution in [0.5, 0.6) is 0 Å². The maximum absolute atomic E-state index is 12.3. The molecule has 1 aromatic rings. The molecule has 2 N–H and O–H groups in total. The number of aromatic carboxylic acids is 1. The second-order valence-electron chi connectivity index (χ2n) is 5.52. The molecule has 0 radical (unpaired) electrons. The van der Waals surface area contributed by atoms with E-state index in [9.17, 15) is 9.59 Å². The molecule has 110 valence electrons. The van der Waals surface area contributed by atoms with Crippen LogP contribution in [-0.4, -0.2) is 32.8 Å². The fraction of sp³-hybridized carbons (Fsp3) is 0.643. The number of amides is 1. The molecule has 0 aliphatic heterocycles. The van der Waals surface area contributed by atoms with Crippen LogP contribution >= 0.6 is 0 Å². The van der Waals surface area contributed by atoms with E-state index in [4.69, 9.17) is 5.11 Å². The average Bonchev–Trinajstić information content (AvgIpc) is 2.89. The highest BCUT2D eigenvalue weighted by Gasteiger charge is 2.27. The first-order chi connectivity index (χ1) is 9.50. The Hall–Kier alpha value is -1.85. The quantitative estimate of drug-likeness (QED) is 0.880. The van der Waals surface area contributed by atoms with Crippen molar-refractivity contribution in [2.45, 2.75) is 51.6 Å². The third-order valence-electron chi connectivity index (χ3n) is 4.07. The monoisotopic (exact) mass is 279 g/mol. The number of nitrogens with zero attached hydrogens (tertiary/aromatic N) is 2. The van der Waals surface area contributed by atoms with E-state index in [1.54, 1.807) is 6.92 Å². The third kappa shape index (κ3) is 3.00. The lowest BCUT2D eigenvalue weighted by Crippen LogP contribution is -2.44. The van der Waals surface area contributed by atoms with Crippen LogP contribution in [-0.2, 0) is 4.79 Å². The number of hydrogen-bond donors (Lipinski definition) is 2. The van der Waals surface area contributed by atoms with Gasteiger partial charge in [-0.25, -0.2) is 9.48 Å². The molecule has 1 aliphatic rings. The van der Waals surface area contributed by atoms with Gasteiger partial charge < -0.3 is 10.4 Å². The van der Waals surface area contributed by atoms with Crippen molar-refractivity contribution in [2.75, 3.05) is 0 Å². The molecule has 1 saturated carbocycles. The van der Waals surface area contributed by atoms with Crippen molar-refractivity contribution >= 4 is 11.9 Å². The van der Waals surface area contributed by atoms with E-state index in [2.05, 4.69) is 17.3 Å². The van der Waals surface area contributed by atoms with Gasteiger partial charge in [0.2, 0.25) is 5.91 Å². The zero-order valence-electron chi connectivity index (χ0n) is 11.9. The summed E-state index contributed by atoms with van der Waals surface area (Å²) in [6, 6.07) is 0.961. The Bertz CT molecular complexity index is 498. The zero-order valence-corrected chi connectivity index (χ0v) is 11.9. The minimum absolute atomic E-state index is 0.0318. The predicted molar refractivity (Wildman–Crippen MR) is 73.5 cm³/mol. The smallest absolute Gasteiger partial charge is 0.354 e. The van der Waals surface area contributed by atoms with Gasteiger partial charge in [-0.2, -0.15) is 5.10 Å². The summed E-state index contributed by atoms with van der Waals surface area (Å²) in [6.07, 6.45) is 5.86. The molecular formula is C14H21N3O3. The Morgan fingerprint density at radius 2 is 2.15 bits per heavy atom. The van der Waals surface area contributed by atoms with E-state index >= 15 is 0 Å². The van der Waals surface area contributed by atoms with Crippen LogP contribution in [0.15, 0.2) is 12.3 Å². The van der Waals surface area contributed by atoms with Crippen LogP contribution in [0.4, 0.5) is 0 Å². The van der Waals surface area contributed by atoms with Gasteiger partial charge in [-0.05, 0) is 31.7 Å². The van der Waals surface area contributed by atoms with Crippen molar-refractivity contribution in [2.24, 2.45) is 5.92 Å². The Balaban J connectivity index is 2.04. The van der Waals surface area contributed by atoms with Gasteiger partial charge in [-0.1, -0.05) is 19.8 Å².